The van der Waals surface area contributed by atoms with E-state index in [-0.39, 0.29) is 12.1 Å². The van der Waals surface area contributed by atoms with Crippen LogP contribution in [0.5, 0.6) is 0 Å². The van der Waals surface area contributed by atoms with E-state index in [1.54, 1.807) is 0 Å². The molecule has 1 rings (SSSR count). The summed E-state index contributed by atoms with van der Waals surface area (Å²) in [6, 6.07) is 0.810. The Morgan fingerprint density at radius 3 is 1.23 bits per heavy atom. The van der Waals surface area contributed by atoms with E-state index in [2.05, 4.69) is 44.7 Å². The fraction of sp³-hybridized carbons (Fsp3) is 0.917. The van der Waals surface area contributed by atoms with Gasteiger partial charge < -0.3 is 40.7 Å². The van der Waals surface area contributed by atoms with Gasteiger partial charge in [-0.25, -0.2) is 0 Å². The molecular weight excluding hydrogens is 621 g/mol. The van der Waals surface area contributed by atoms with Gasteiger partial charge in [0.2, 0.25) is 17.8 Å². The van der Waals surface area contributed by atoms with E-state index in [9.17, 15) is 0 Å². The third kappa shape index (κ3) is 22.9. The topological polar surface area (TPSA) is 154 Å². The van der Waals surface area contributed by atoms with Crippen LogP contribution in [0.2, 0.25) is 6.04 Å². The maximum absolute atomic E-state index is 6.47. The maximum Gasteiger partial charge on any atom is 0.500 e. The van der Waals surface area contributed by atoms with Crippen molar-refractivity contribution in [3.8, 4) is 0 Å². The number of nitrogens with one attached hydrogen (secondary N) is 3. The Morgan fingerprint density at radius 1 is 0.500 bits per heavy atom. The third-order valence-electron chi connectivity index (χ3n) is 8.57. The van der Waals surface area contributed by atoms with Crippen LogP contribution in [0.1, 0.15) is 157 Å². The fourth-order valence-corrected chi connectivity index (χ4v) is 8.46. The molecule has 0 aliphatic rings. The average Bonchev–Trinajstić information content (AvgIpc) is 3.07. The third-order valence-corrected chi connectivity index (χ3v) is 11.7. The molecule has 282 valence electrons. The van der Waals surface area contributed by atoms with Gasteiger partial charge in [0.25, 0.3) is 0 Å². The highest BCUT2D eigenvalue weighted by Gasteiger charge is 2.39. The lowest BCUT2D eigenvalue weighted by Crippen LogP contribution is -2.46. The van der Waals surface area contributed by atoms with Crippen LogP contribution in [0, 0.1) is 0 Å². The SMILES string of the molecule is CCCCCCCCCCC(N)CNc1nc(NCCC[Si](OCC)(OCC)OCC)nc(NCC(N)CCCCCCCCCC)n1. The molecule has 2 atom stereocenters. The summed E-state index contributed by atoms with van der Waals surface area (Å²) < 4.78 is 18.0. The molecule has 7 N–H and O–H groups in total. The lowest BCUT2D eigenvalue weighted by atomic mass is 10.0. The molecule has 0 aromatic carbocycles. The first kappa shape index (κ1) is 44.4. The van der Waals surface area contributed by atoms with Gasteiger partial charge in [-0.3, -0.25) is 0 Å². The Morgan fingerprint density at radius 2 is 0.854 bits per heavy atom. The molecule has 11 nitrogen and oxygen atoms in total. The molecule has 0 saturated heterocycles. The van der Waals surface area contributed by atoms with Gasteiger partial charge in [-0.15, -0.1) is 0 Å². The number of nitrogens with zero attached hydrogens (tertiary/aromatic N) is 3. The molecule has 1 aromatic heterocycles. The van der Waals surface area contributed by atoms with Crippen molar-refractivity contribution >= 4 is 26.6 Å². The average molecular weight is 697 g/mol. The van der Waals surface area contributed by atoms with Crippen LogP contribution in [-0.4, -0.2) is 75.3 Å². The molecule has 2 unspecified atom stereocenters. The van der Waals surface area contributed by atoms with E-state index in [0.29, 0.717) is 57.3 Å². The summed E-state index contributed by atoms with van der Waals surface area (Å²) in [5, 5.41) is 10.1. The Balaban J connectivity index is 2.68. The molecule has 12 heteroatoms. The normalized spacial score (nSPS) is 13.1. The fourth-order valence-electron chi connectivity index (χ4n) is 5.85. The van der Waals surface area contributed by atoms with Crippen LogP contribution in [0.4, 0.5) is 17.8 Å². The molecule has 0 aliphatic heterocycles. The van der Waals surface area contributed by atoms with Gasteiger partial charge in [-0.2, -0.15) is 15.0 Å². The second kappa shape index (κ2) is 30.3. The Bertz CT molecular complexity index is 807. The summed E-state index contributed by atoms with van der Waals surface area (Å²) in [5.74, 6) is 1.54. The van der Waals surface area contributed by atoms with Gasteiger partial charge in [-0.1, -0.05) is 117 Å². The van der Waals surface area contributed by atoms with Crippen molar-refractivity contribution < 1.29 is 13.3 Å². The van der Waals surface area contributed by atoms with Crippen molar-refractivity contribution in [2.45, 2.75) is 175 Å². The lowest BCUT2D eigenvalue weighted by molar-refractivity contribution is 0.0710. The number of hydrogen-bond acceptors (Lipinski definition) is 11. The number of hydrogen-bond donors (Lipinski definition) is 5. The summed E-state index contributed by atoms with van der Waals surface area (Å²) >= 11 is 0. The van der Waals surface area contributed by atoms with E-state index in [1.165, 1.54) is 89.9 Å². The Kier molecular flexibility index (Phi) is 28.0. The highest BCUT2D eigenvalue weighted by Crippen LogP contribution is 2.19. The number of rotatable bonds is 35. The monoisotopic (exact) mass is 697 g/mol. The van der Waals surface area contributed by atoms with E-state index in [4.69, 9.17) is 24.7 Å². The largest absolute Gasteiger partial charge is 0.500 e. The van der Waals surface area contributed by atoms with Crippen molar-refractivity contribution in [2.75, 3.05) is 55.4 Å². The van der Waals surface area contributed by atoms with Crippen molar-refractivity contribution in [1.82, 2.24) is 15.0 Å². The second-order valence-electron chi connectivity index (χ2n) is 13.1. The second-order valence-corrected chi connectivity index (χ2v) is 15.9. The minimum atomic E-state index is -2.70. The number of aromatic nitrogens is 3. The molecule has 1 heterocycles. The van der Waals surface area contributed by atoms with Gasteiger partial charge >= 0.3 is 8.80 Å². The summed E-state index contributed by atoms with van der Waals surface area (Å²) in [6.45, 7) is 14.1. The van der Waals surface area contributed by atoms with Crippen molar-refractivity contribution in [3.63, 3.8) is 0 Å². The zero-order valence-electron chi connectivity index (χ0n) is 31.8. The highest BCUT2D eigenvalue weighted by molar-refractivity contribution is 6.60. The van der Waals surface area contributed by atoms with E-state index >= 15 is 0 Å². The molecule has 0 spiro atoms. The quantitative estimate of drug-likeness (QED) is 0.0344. The maximum atomic E-state index is 6.47. The first-order valence-corrected chi connectivity index (χ1v) is 21.8. The van der Waals surface area contributed by atoms with Gasteiger partial charge in [0, 0.05) is 57.6 Å². The minimum absolute atomic E-state index is 0.0449. The van der Waals surface area contributed by atoms with Crippen LogP contribution >= 0.6 is 0 Å². The zero-order valence-corrected chi connectivity index (χ0v) is 32.8. The predicted octanol–water partition coefficient (Wildman–Crippen LogP) is 8.26. The van der Waals surface area contributed by atoms with Gasteiger partial charge in [0.05, 0.1) is 0 Å². The molecule has 0 fully saturated rings. The van der Waals surface area contributed by atoms with Crippen LogP contribution in [0.25, 0.3) is 0 Å². The first-order chi connectivity index (χ1) is 23.4. The smallest absolute Gasteiger partial charge is 0.374 e. The molecule has 0 bridgehead atoms. The Labute approximate surface area is 296 Å². The molecule has 0 amide bonds. The summed E-state index contributed by atoms with van der Waals surface area (Å²) in [4.78, 5) is 14.0. The number of anilines is 3. The zero-order chi connectivity index (χ0) is 35.1. The van der Waals surface area contributed by atoms with E-state index < -0.39 is 8.80 Å². The lowest BCUT2D eigenvalue weighted by Gasteiger charge is -2.28. The van der Waals surface area contributed by atoms with Crippen LogP contribution in [0.15, 0.2) is 0 Å². The predicted molar refractivity (Wildman–Crippen MR) is 206 cm³/mol. The van der Waals surface area contributed by atoms with Crippen LogP contribution in [0.3, 0.4) is 0 Å². The molecule has 1 aromatic rings. The van der Waals surface area contributed by atoms with Gasteiger partial charge in [-0.05, 0) is 40.0 Å². The van der Waals surface area contributed by atoms with Crippen LogP contribution < -0.4 is 27.4 Å². The number of unbranched alkanes of at least 4 members (excludes halogenated alkanes) is 14. The molecule has 0 aliphatic carbocycles. The van der Waals surface area contributed by atoms with Gasteiger partial charge in [0.1, 0.15) is 0 Å². The molecule has 48 heavy (non-hydrogen) atoms. The molecule has 0 saturated carbocycles. The number of nitrogens with two attached hydrogens (primary N) is 2. The Hall–Kier alpha value is -1.57. The molecular formula is C36H76N8O3Si. The summed E-state index contributed by atoms with van der Waals surface area (Å²) in [7, 11) is -2.70. The van der Waals surface area contributed by atoms with Crippen molar-refractivity contribution in [3.05, 3.63) is 0 Å². The van der Waals surface area contributed by atoms with Crippen molar-refractivity contribution in [2.24, 2.45) is 11.5 Å². The van der Waals surface area contributed by atoms with E-state index in [1.807, 2.05) is 20.8 Å². The summed E-state index contributed by atoms with van der Waals surface area (Å²) in [6.07, 6.45) is 23.6. The minimum Gasteiger partial charge on any atom is -0.374 e. The first-order valence-electron chi connectivity index (χ1n) is 19.8. The standard InChI is InChI=1S/C36H76N8O3Si/c1-6-11-13-15-17-19-21-23-26-32(37)30-40-35-42-34(39-28-25-29-48(45-8-3,46-9-4)47-10-5)43-36(44-35)41-31-33(38)27-24-22-20-18-16-14-12-7-2/h32-33H,6-31,37-38H2,1-5H3,(H3,39,40,41,42,43,44). The van der Waals surface area contributed by atoms with Crippen molar-refractivity contribution in [1.29, 1.82) is 0 Å². The van der Waals surface area contributed by atoms with Gasteiger partial charge in [0.15, 0.2) is 0 Å². The van der Waals surface area contributed by atoms with E-state index in [0.717, 1.165) is 38.1 Å². The highest BCUT2D eigenvalue weighted by atomic mass is 28.4. The molecule has 0 radical (unpaired) electrons. The van der Waals surface area contributed by atoms with Crippen LogP contribution in [-0.2, 0) is 13.3 Å². The summed E-state index contributed by atoms with van der Waals surface area (Å²) in [5.41, 5.74) is 12.9.